The molecule has 0 unspecified atom stereocenters. The lowest BCUT2D eigenvalue weighted by Gasteiger charge is -2.10. The average molecular weight is 360 g/mol. The first kappa shape index (κ1) is 17.0. The molecule has 0 fully saturated rings. The van der Waals surface area contributed by atoms with Gasteiger partial charge in [-0.15, -0.1) is 0 Å². The van der Waals surface area contributed by atoms with Gasteiger partial charge in [-0.3, -0.25) is 4.79 Å². The Balaban J connectivity index is 1.61. The maximum Gasteiger partial charge on any atom is 0.262 e. The molecule has 25 heavy (non-hydrogen) atoms. The lowest BCUT2D eigenvalue weighted by atomic mass is 10.2. The van der Waals surface area contributed by atoms with Crippen molar-refractivity contribution in [2.45, 2.75) is 13.0 Å². The summed E-state index contributed by atoms with van der Waals surface area (Å²) < 4.78 is 27.9. The summed E-state index contributed by atoms with van der Waals surface area (Å²) in [6, 6.07) is 10.5. The van der Waals surface area contributed by atoms with E-state index in [-0.39, 0.29) is 5.56 Å². The van der Waals surface area contributed by atoms with Gasteiger partial charge in [0.05, 0.1) is 22.0 Å². The van der Waals surface area contributed by atoms with Gasteiger partial charge in [-0.05, 0) is 31.2 Å². The van der Waals surface area contributed by atoms with Crippen molar-refractivity contribution in [1.29, 1.82) is 0 Å². The van der Waals surface area contributed by atoms with Crippen molar-refractivity contribution in [2.75, 3.05) is 5.32 Å². The van der Waals surface area contributed by atoms with Crippen molar-refractivity contribution in [2.24, 2.45) is 5.10 Å². The Morgan fingerprint density at radius 3 is 2.64 bits per heavy atom. The molecule has 8 heteroatoms. The highest BCUT2D eigenvalue weighted by Gasteiger charge is 2.14. The number of carbonyl (C=O) groups is 1. The minimum absolute atomic E-state index is 0.311. The SMILES string of the molecule is C[C@H](Nc1nc2ccccc2s1)C(=O)N/N=C\c1c(F)cccc1F. The van der Waals surface area contributed by atoms with Crippen LogP contribution in [-0.4, -0.2) is 23.1 Å². The van der Waals surface area contributed by atoms with E-state index >= 15 is 0 Å². The maximum atomic E-state index is 13.5. The van der Waals surface area contributed by atoms with Crippen molar-refractivity contribution < 1.29 is 13.6 Å². The van der Waals surface area contributed by atoms with Crippen LogP contribution in [-0.2, 0) is 4.79 Å². The molecule has 1 atom stereocenters. The average Bonchev–Trinajstić information content (AvgIpc) is 2.99. The monoisotopic (exact) mass is 360 g/mol. The third-order valence-corrected chi connectivity index (χ3v) is 4.36. The zero-order valence-electron chi connectivity index (χ0n) is 13.2. The minimum atomic E-state index is -0.751. The Bertz CT molecular complexity index is 888. The number of rotatable bonds is 5. The van der Waals surface area contributed by atoms with Crippen molar-refractivity contribution >= 4 is 38.8 Å². The molecule has 2 N–H and O–H groups in total. The minimum Gasteiger partial charge on any atom is -0.350 e. The molecule has 0 aliphatic heterocycles. The van der Waals surface area contributed by atoms with E-state index in [1.54, 1.807) is 6.92 Å². The highest BCUT2D eigenvalue weighted by atomic mass is 32.1. The Hall–Kier alpha value is -2.87. The number of amides is 1. The molecule has 0 spiro atoms. The summed E-state index contributed by atoms with van der Waals surface area (Å²) in [4.78, 5) is 16.4. The molecule has 5 nitrogen and oxygen atoms in total. The van der Waals surface area contributed by atoms with Crippen LogP contribution in [0.3, 0.4) is 0 Å². The van der Waals surface area contributed by atoms with Crippen molar-refractivity contribution in [3.8, 4) is 0 Å². The summed E-state index contributed by atoms with van der Waals surface area (Å²) >= 11 is 1.43. The molecule has 1 heterocycles. The van der Waals surface area contributed by atoms with E-state index in [0.717, 1.165) is 28.6 Å². The highest BCUT2D eigenvalue weighted by Crippen LogP contribution is 2.25. The smallest absolute Gasteiger partial charge is 0.262 e. The fraction of sp³-hybridized carbons (Fsp3) is 0.118. The number of nitrogens with one attached hydrogen (secondary N) is 2. The summed E-state index contributed by atoms with van der Waals surface area (Å²) in [6.07, 6.45) is 0.937. The molecule has 0 aliphatic rings. The van der Waals surface area contributed by atoms with Gasteiger partial charge in [0.1, 0.15) is 17.7 Å². The molecular weight excluding hydrogens is 346 g/mol. The maximum absolute atomic E-state index is 13.5. The van der Waals surface area contributed by atoms with Crippen LogP contribution in [0.25, 0.3) is 10.2 Å². The number of fused-ring (bicyclic) bond motifs is 1. The molecule has 3 aromatic rings. The quantitative estimate of drug-likeness (QED) is 0.540. The van der Waals surface area contributed by atoms with Crippen molar-refractivity contribution in [3.63, 3.8) is 0 Å². The Labute approximate surface area is 146 Å². The van der Waals surface area contributed by atoms with Crippen LogP contribution in [0, 0.1) is 11.6 Å². The Morgan fingerprint density at radius 2 is 1.92 bits per heavy atom. The molecule has 0 saturated carbocycles. The van der Waals surface area contributed by atoms with Crippen molar-refractivity contribution in [1.82, 2.24) is 10.4 Å². The van der Waals surface area contributed by atoms with Gasteiger partial charge in [0.2, 0.25) is 0 Å². The zero-order valence-corrected chi connectivity index (χ0v) is 14.0. The second-order valence-electron chi connectivity index (χ2n) is 5.22. The largest absolute Gasteiger partial charge is 0.350 e. The number of halogens is 2. The van der Waals surface area contributed by atoms with Gasteiger partial charge in [0, 0.05) is 0 Å². The summed E-state index contributed by atoms with van der Waals surface area (Å²) in [6.45, 7) is 1.64. The number of aromatic nitrogens is 1. The number of benzene rings is 2. The second-order valence-corrected chi connectivity index (χ2v) is 6.25. The second kappa shape index (κ2) is 7.35. The van der Waals surface area contributed by atoms with Crippen LogP contribution in [0.1, 0.15) is 12.5 Å². The number of nitrogens with zero attached hydrogens (tertiary/aromatic N) is 2. The topological polar surface area (TPSA) is 66.4 Å². The highest BCUT2D eigenvalue weighted by molar-refractivity contribution is 7.22. The lowest BCUT2D eigenvalue weighted by molar-refractivity contribution is -0.121. The Kier molecular flexibility index (Phi) is 4.99. The third kappa shape index (κ3) is 3.97. The van der Waals surface area contributed by atoms with Crippen LogP contribution in [0.5, 0.6) is 0 Å². The number of hydrazone groups is 1. The van der Waals surface area contributed by atoms with E-state index in [4.69, 9.17) is 0 Å². The molecule has 128 valence electrons. The molecular formula is C17H14F2N4OS. The molecule has 2 aromatic carbocycles. The van der Waals surface area contributed by atoms with E-state index in [0.29, 0.717) is 5.13 Å². The van der Waals surface area contributed by atoms with Crippen LogP contribution in [0.15, 0.2) is 47.6 Å². The van der Waals surface area contributed by atoms with E-state index < -0.39 is 23.6 Å². The Morgan fingerprint density at radius 1 is 1.20 bits per heavy atom. The van der Waals surface area contributed by atoms with Crippen LogP contribution in [0.4, 0.5) is 13.9 Å². The van der Waals surface area contributed by atoms with Gasteiger partial charge in [-0.2, -0.15) is 5.10 Å². The van der Waals surface area contributed by atoms with Gasteiger partial charge in [-0.25, -0.2) is 19.2 Å². The molecule has 3 rings (SSSR count). The number of carbonyl (C=O) groups excluding carboxylic acids is 1. The van der Waals surface area contributed by atoms with Gasteiger partial charge >= 0.3 is 0 Å². The summed E-state index contributed by atoms with van der Waals surface area (Å²) in [5.74, 6) is -1.95. The normalized spacial score (nSPS) is 12.4. The van der Waals surface area contributed by atoms with Crippen molar-refractivity contribution in [3.05, 3.63) is 59.7 Å². The standard InChI is InChI=1S/C17H14F2N4OS/c1-10(21-17-22-14-7-2-3-8-15(14)25-17)16(24)23-20-9-11-12(18)5-4-6-13(11)19/h2-10H,1H3,(H,21,22)(H,23,24)/b20-9-/t10-/m0/s1. The number of thiazole rings is 1. The van der Waals surface area contributed by atoms with Gasteiger partial charge in [0.25, 0.3) is 5.91 Å². The first-order valence-corrected chi connectivity index (χ1v) is 8.25. The third-order valence-electron chi connectivity index (χ3n) is 3.40. The van der Waals surface area contributed by atoms with Crippen LogP contribution < -0.4 is 10.7 Å². The van der Waals surface area contributed by atoms with Gasteiger partial charge in [0.15, 0.2) is 5.13 Å². The number of para-hydroxylation sites is 1. The predicted molar refractivity (Wildman–Crippen MR) is 94.8 cm³/mol. The number of anilines is 1. The molecule has 1 amide bonds. The van der Waals surface area contributed by atoms with Crippen LogP contribution >= 0.6 is 11.3 Å². The van der Waals surface area contributed by atoms with E-state index in [2.05, 4.69) is 20.8 Å². The fourth-order valence-corrected chi connectivity index (χ4v) is 3.03. The van der Waals surface area contributed by atoms with E-state index in [9.17, 15) is 13.6 Å². The molecule has 0 aliphatic carbocycles. The first-order valence-electron chi connectivity index (χ1n) is 7.43. The van der Waals surface area contributed by atoms with Crippen LogP contribution in [0.2, 0.25) is 0 Å². The van der Waals surface area contributed by atoms with Gasteiger partial charge in [-0.1, -0.05) is 29.5 Å². The fourth-order valence-electron chi connectivity index (χ4n) is 2.08. The molecule has 0 bridgehead atoms. The lowest BCUT2D eigenvalue weighted by Crippen LogP contribution is -2.34. The summed E-state index contributed by atoms with van der Waals surface area (Å²) in [5.41, 5.74) is 2.78. The number of hydrogen-bond acceptors (Lipinski definition) is 5. The van der Waals surface area contributed by atoms with E-state index in [1.807, 2.05) is 24.3 Å². The number of hydrogen-bond donors (Lipinski definition) is 2. The summed E-state index contributed by atoms with van der Waals surface area (Å²) in [7, 11) is 0. The first-order chi connectivity index (χ1) is 12.0. The summed E-state index contributed by atoms with van der Waals surface area (Å²) in [5, 5.41) is 7.19. The predicted octanol–water partition coefficient (Wildman–Crippen LogP) is 3.53. The molecule has 0 saturated heterocycles. The molecule has 1 aromatic heterocycles. The van der Waals surface area contributed by atoms with E-state index in [1.165, 1.54) is 17.4 Å². The van der Waals surface area contributed by atoms with Gasteiger partial charge < -0.3 is 5.32 Å². The molecule has 0 radical (unpaired) electrons. The zero-order chi connectivity index (χ0) is 17.8.